The van der Waals surface area contributed by atoms with Crippen LogP contribution in [0.5, 0.6) is 0 Å². The van der Waals surface area contributed by atoms with Gasteiger partial charge in [-0.1, -0.05) is 48.5 Å². The van der Waals surface area contributed by atoms with E-state index in [1.807, 2.05) is 53.4 Å². The number of halogens is 1. The molecule has 1 saturated heterocycles. The van der Waals surface area contributed by atoms with Crippen LogP contribution in [0, 0.1) is 0 Å². The number of amides is 1. The average molecular weight is 360 g/mol. The zero-order valence-electron chi connectivity index (χ0n) is 14.4. The quantitative estimate of drug-likeness (QED) is 0.891. The van der Waals surface area contributed by atoms with Crippen molar-refractivity contribution >= 4 is 24.0 Å². The Bertz CT molecular complexity index is 628. The highest BCUT2D eigenvalue weighted by atomic mass is 35.5. The predicted octanol–water partition coefficient (Wildman–Crippen LogP) is 2.94. The van der Waals surface area contributed by atoms with Crippen molar-refractivity contribution in [2.45, 2.75) is 13.0 Å². The van der Waals surface area contributed by atoms with Gasteiger partial charge in [-0.3, -0.25) is 9.69 Å². The first-order valence-electron chi connectivity index (χ1n) is 8.65. The van der Waals surface area contributed by atoms with Crippen molar-refractivity contribution in [3.05, 3.63) is 66.2 Å². The normalized spacial score (nSPS) is 15.0. The van der Waals surface area contributed by atoms with Gasteiger partial charge in [0, 0.05) is 18.8 Å². The number of anilines is 1. The summed E-state index contributed by atoms with van der Waals surface area (Å²) >= 11 is 0. The molecule has 1 aliphatic rings. The first-order valence-corrected chi connectivity index (χ1v) is 8.65. The summed E-state index contributed by atoms with van der Waals surface area (Å²) in [6.45, 7) is 4.99. The van der Waals surface area contributed by atoms with Crippen LogP contribution in [0.2, 0.25) is 0 Å². The predicted molar refractivity (Wildman–Crippen MR) is 105 cm³/mol. The molecular weight excluding hydrogens is 334 g/mol. The SMILES string of the molecule is Cl.O=C(CN1CCCNCC1)N(Cc1ccccc1)c1ccccc1. The minimum absolute atomic E-state index is 0. The summed E-state index contributed by atoms with van der Waals surface area (Å²) in [6.07, 6.45) is 1.09. The van der Waals surface area contributed by atoms with Crippen molar-refractivity contribution in [2.24, 2.45) is 0 Å². The molecule has 0 radical (unpaired) electrons. The third kappa shape index (κ3) is 5.85. The summed E-state index contributed by atoms with van der Waals surface area (Å²) in [7, 11) is 0. The molecule has 1 amide bonds. The molecule has 4 nitrogen and oxygen atoms in total. The smallest absolute Gasteiger partial charge is 0.241 e. The van der Waals surface area contributed by atoms with Crippen molar-refractivity contribution in [1.82, 2.24) is 10.2 Å². The summed E-state index contributed by atoms with van der Waals surface area (Å²) in [4.78, 5) is 17.1. The van der Waals surface area contributed by atoms with E-state index in [-0.39, 0.29) is 18.3 Å². The second kappa shape index (κ2) is 10.2. The zero-order chi connectivity index (χ0) is 16.6. The van der Waals surface area contributed by atoms with Gasteiger partial charge in [0.2, 0.25) is 5.91 Å². The first-order chi connectivity index (χ1) is 11.8. The second-order valence-electron chi connectivity index (χ2n) is 6.18. The highest BCUT2D eigenvalue weighted by Gasteiger charge is 2.20. The molecule has 0 aliphatic carbocycles. The van der Waals surface area contributed by atoms with Crippen molar-refractivity contribution in [2.75, 3.05) is 37.6 Å². The maximum Gasteiger partial charge on any atom is 0.241 e. The van der Waals surface area contributed by atoms with E-state index < -0.39 is 0 Å². The van der Waals surface area contributed by atoms with Gasteiger partial charge in [-0.15, -0.1) is 12.4 Å². The Morgan fingerprint density at radius 2 is 1.64 bits per heavy atom. The zero-order valence-corrected chi connectivity index (χ0v) is 15.3. The fourth-order valence-corrected chi connectivity index (χ4v) is 3.03. The monoisotopic (exact) mass is 359 g/mol. The van der Waals surface area contributed by atoms with Crippen LogP contribution in [0.25, 0.3) is 0 Å². The highest BCUT2D eigenvalue weighted by Crippen LogP contribution is 2.17. The maximum absolute atomic E-state index is 13.0. The fourth-order valence-electron chi connectivity index (χ4n) is 3.03. The van der Waals surface area contributed by atoms with Crippen molar-refractivity contribution in [3.63, 3.8) is 0 Å². The van der Waals surface area contributed by atoms with Crippen LogP contribution < -0.4 is 10.2 Å². The van der Waals surface area contributed by atoms with Crippen molar-refractivity contribution in [3.8, 4) is 0 Å². The number of benzene rings is 2. The Balaban J connectivity index is 0.00000225. The Morgan fingerprint density at radius 1 is 0.960 bits per heavy atom. The van der Waals surface area contributed by atoms with E-state index in [0.29, 0.717) is 13.1 Å². The number of hydrogen-bond acceptors (Lipinski definition) is 3. The third-order valence-corrected chi connectivity index (χ3v) is 4.34. The molecule has 2 aromatic rings. The van der Waals surface area contributed by atoms with Gasteiger partial charge < -0.3 is 10.2 Å². The summed E-state index contributed by atoms with van der Waals surface area (Å²) in [5.41, 5.74) is 2.10. The summed E-state index contributed by atoms with van der Waals surface area (Å²) in [5.74, 6) is 0.159. The van der Waals surface area contributed by atoms with Crippen LogP contribution in [0.1, 0.15) is 12.0 Å². The summed E-state index contributed by atoms with van der Waals surface area (Å²) in [6, 6.07) is 20.1. The number of nitrogens with one attached hydrogen (secondary N) is 1. The van der Waals surface area contributed by atoms with Crippen LogP contribution in [0.4, 0.5) is 5.69 Å². The average Bonchev–Trinajstić information content (AvgIpc) is 2.90. The van der Waals surface area contributed by atoms with Gasteiger partial charge >= 0.3 is 0 Å². The Hall–Kier alpha value is -1.88. The molecule has 5 heteroatoms. The second-order valence-corrected chi connectivity index (χ2v) is 6.18. The van der Waals surface area contributed by atoms with Gasteiger partial charge in [0.25, 0.3) is 0 Å². The lowest BCUT2D eigenvalue weighted by molar-refractivity contribution is -0.119. The molecular formula is C20H26ClN3O. The number of hydrogen-bond donors (Lipinski definition) is 1. The Morgan fingerprint density at radius 3 is 2.36 bits per heavy atom. The topological polar surface area (TPSA) is 35.6 Å². The van der Waals surface area contributed by atoms with E-state index >= 15 is 0 Å². The molecule has 1 fully saturated rings. The number of carbonyl (C=O) groups excluding carboxylic acids is 1. The molecule has 0 spiro atoms. The number of para-hydroxylation sites is 1. The molecule has 0 atom stereocenters. The van der Waals surface area contributed by atoms with Crippen molar-refractivity contribution in [1.29, 1.82) is 0 Å². The van der Waals surface area contributed by atoms with Crippen LogP contribution in [0.15, 0.2) is 60.7 Å². The fraction of sp³-hybridized carbons (Fsp3) is 0.350. The number of nitrogens with zero attached hydrogens (tertiary/aromatic N) is 2. The van der Waals surface area contributed by atoms with E-state index in [1.54, 1.807) is 0 Å². The molecule has 1 heterocycles. The van der Waals surface area contributed by atoms with E-state index in [1.165, 1.54) is 0 Å². The molecule has 2 aromatic carbocycles. The number of carbonyl (C=O) groups is 1. The standard InChI is InChI=1S/C20H25N3O.ClH/c24-20(17-22-14-7-12-21-13-15-22)23(19-10-5-2-6-11-19)16-18-8-3-1-4-9-18;/h1-6,8-11,21H,7,12-17H2;1H. The number of rotatable bonds is 5. The Labute approximate surface area is 156 Å². The molecule has 134 valence electrons. The molecule has 25 heavy (non-hydrogen) atoms. The molecule has 0 saturated carbocycles. The third-order valence-electron chi connectivity index (χ3n) is 4.34. The maximum atomic E-state index is 13.0. The van der Waals surface area contributed by atoms with Crippen LogP contribution >= 0.6 is 12.4 Å². The van der Waals surface area contributed by atoms with Gasteiger partial charge in [0.1, 0.15) is 0 Å². The summed E-state index contributed by atoms with van der Waals surface area (Å²) < 4.78 is 0. The molecule has 3 rings (SSSR count). The van der Waals surface area contributed by atoms with E-state index in [2.05, 4.69) is 22.3 Å². The van der Waals surface area contributed by atoms with E-state index in [4.69, 9.17) is 0 Å². The van der Waals surface area contributed by atoms with Gasteiger partial charge in [0.05, 0.1) is 13.1 Å². The van der Waals surface area contributed by atoms with Gasteiger partial charge in [-0.05, 0) is 37.2 Å². The van der Waals surface area contributed by atoms with Crippen LogP contribution in [-0.4, -0.2) is 43.5 Å². The lowest BCUT2D eigenvalue weighted by Crippen LogP contribution is -2.41. The molecule has 0 bridgehead atoms. The van der Waals surface area contributed by atoms with Gasteiger partial charge in [0.15, 0.2) is 0 Å². The van der Waals surface area contributed by atoms with Crippen molar-refractivity contribution < 1.29 is 4.79 Å². The molecule has 0 aromatic heterocycles. The lowest BCUT2D eigenvalue weighted by atomic mass is 10.2. The largest absolute Gasteiger partial charge is 0.315 e. The highest BCUT2D eigenvalue weighted by molar-refractivity contribution is 5.94. The van der Waals surface area contributed by atoms with Crippen LogP contribution in [-0.2, 0) is 11.3 Å². The summed E-state index contributed by atoms with van der Waals surface area (Å²) in [5, 5.41) is 3.38. The first kappa shape index (κ1) is 19.4. The van der Waals surface area contributed by atoms with Gasteiger partial charge in [-0.25, -0.2) is 0 Å². The van der Waals surface area contributed by atoms with E-state index in [0.717, 1.165) is 43.9 Å². The Kier molecular flexibility index (Phi) is 7.92. The minimum atomic E-state index is 0. The lowest BCUT2D eigenvalue weighted by Gasteiger charge is -2.27. The van der Waals surface area contributed by atoms with E-state index in [9.17, 15) is 4.79 Å². The molecule has 1 aliphatic heterocycles. The van der Waals surface area contributed by atoms with Gasteiger partial charge in [-0.2, -0.15) is 0 Å². The molecule has 0 unspecified atom stereocenters. The minimum Gasteiger partial charge on any atom is -0.315 e. The van der Waals surface area contributed by atoms with Crippen LogP contribution in [0.3, 0.4) is 0 Å². The molecule has 1 N–H and O–H groups in total.